The lowest BCUT2D eigenvalue weighted by Gasteiger charge is -2.22. The molecule has 1 fully saturated rings. The Morgan fingerprint density at radius 1 is 1.09 bits per heavy atom. The van der Waals surface area contributed by atoms with E-state index < -0.39 is 0 Å². The predicted octanol–water partition coefficient (Wildman–Crippen LogP) is 6.86. The molecule has 180 valence electrons. The van der Waals surface area contributed by atoms with Crippen LogP contribution in [-0.4, -0.2) is 36.9 Å². The Morgan fingerprint density at radius 2 is 1.79 bits per heavy atom. The van der Waals surface area contributed by atoms with Crippen molar-refractivity contribution in [3.63, 3.8) is 0 Å². The minimum absolute atomic E-state index is 0.0174. The van der Waals surface area contributed by atoms with E-state index in [0.29, 0.717) is 51.3 Å². The number of nitrogens with zero attached hydrogens (tertiary/aromatic N) is 2. The van der Waals surface area contributed by atoms with Gasteiger partial charge in [-0.05, 0) is 69.5 Å². The molecular formula is C26H29Cl2N3O3. The summed E-state index contributed by atoms with van der Waals surface area (Å²) < 4.78 is 11.6. The Morgan fingerprint density at radius 3 is 2.41 bits per heavy atom. The highest BCUT2D eigenvalue weighted by Gasteiger charge is 2.29. The van der Waals surface area contributed by atoms with Crippen LogP contribution in [0.4, 0.5) is 11.4 Å². The van der Waals surface area contributed by atoms with E-state index in [1.54, 1.807) is 18.2 Å². The molecule has 1 aliphatic rings. The summed E-state index contributed by atoms with van der Waals surface area (Å²) in [7, 11) is 0. The summed E-state index contributed by atoms with van der Waals surface area (Å²) >= 11 is 12.9. The molecule has 0 aliphatic carbocycles. The van der Waals surface area contributed by atoms with Gasteiger partial charge in [0.2, 0.25) is 0 Å². The van der Waals surface area contributed by atoms with Gasteiger partial charge in [-0.15, -0.1) is 0 Å². The molecule has 1 aliphatic heterocycles. The normalized spacial score (nSPS) is 15.8. The van der Waals surface area contributed by atoms with Crippen LogP contribution in [0.25, 0.3) is 11.3 Å². The van der Waals surface area contributed by atoms with E-state index in [1.165, 1.54) is 0 Å². The Hall–Kier alpha value is -2.54. The molecule has 0 bridgehead atoms. The van der Waals surface area contributed by atoms with Crippen LogP contribution in [0.15, 0.2) is 47.0 Å². The molecule has 0 spiro atoms. The number of rotatable bonds is 8. The van der Waals surface area contributed by atoms with Gasteiger partial charge < -0.3 is 19.5 Å². The average Bonchev–Trinajstić information content (AvgIpc) is 3.24. The first-order chi connectivity index (χ1) is 16.5. The van der Waals surface area contributed by atoms with E-state index in [0.717, 1.165) is 38.0 Å². The zero-order valence-electron chi connectivity index (χ0n) is 19.4. The van der Waals surface area contributed by atoms with Crippen LogP contribution < -0.4 is 10.2 Å². The van der Waals surface area contributed by atoms with Crippen LogP contribution in [0.1, 0.15) is 49.2 Å². The second kappa shape index (κ2) is 11.3. The largest absolute Gasteiger partial charge is 0.378 e. The van der Waals surface area contributed by atoms with Crippen molar-refractivity contribution in [1.82, 2.24) is 5.16 Å². The van der Waals surface area contributed by atoms with Gasteiger partial charge in [0.05, 0.1) is 16.1 Å². The first-order valence-electron chi connectivity index (χ1n) is 11.7. The Kier molecular flexibility index (Phi) is 8.14. The number of carbonyl (C=O) groups is 1. The zero-order valence-corrected chi connectivity index (χ0v) is 21.0. The molecule has 3 aromatic rings. The standard InChI is InChI=1S/C26H29Cl2N3O3/c1-3-31(4-2)18-13-11-17(12-14-18)29-26(32)24-22(16-19-8-5-6-15-33-19)34-30-25(24)23-20(27)9-7-10-21(23)28/h7,9-14,19H,3-6,8,15-16H2,1-2H3,(H,29,32). The molecule has 1 aromatic heterocycles. The summed E-state index contributed by atoms with van der Waals surface area (Å²) in [6, 6.07) is 13.0. The summed E-state index contributed by atoms with van der Waals surface area (Å²) in [5, 5.41) is 8.02. The third kappa shape index (κ3) is 5.40. The van der Waals surface area contributed by atoms with Gasteiger partial charge in [-0.3, -0.25) is 4.79 Å². The minimum atomic E-state index is -0.325. The molecule has 6 nitrogen and oxygen atoms in total. The van der Waals surface area contributed by atoms with Gasteiger partial charge in [0.1, 0.15) is 11.3 Å². The van der Waals surface area contributed by atoms with Crippen molar-refractivity contribution < 1.29 is 14.1 Å². The number of benzene rings is 2. The van der Waals surface area contributed by atoms with Crippen LogP contribution in [0.2, 0.25) is 10.0 Å². The lowest BCUT2D eigenvalue weighted by atomic mass is 9.99. The maximum absolute atomic E-state index is 13.5. The van der Waals surface area contributed by atoms with Crippen molar-refractivity contribution in [2.45, 2.75) is 45.6 Å². The number of ether oxygens (including phenoxy) is 1. The van der Waals surface area contributed by atoms with E-state index in [4.69, 9.17) is 32.5 Å². The Labute approximate surface area is 210 Å². The fourth-order valence-corrected chi connectivity index (χ4v) is 4.88. The van der Waals surface area contributed by atoms with Crippen molar-refractivity contribution in [2.24, 2.45) is 0 Å². The third-order valence-electron chi connectivity index (χ3n) is 6.13. The van der Waals surface area contributed by atoms with Gasteiger partial charge in [0.15, 0.2) is 5.76 Å². The predicted molar refractivity (Wildman–Crippen MR) is 137 cm³/mol. The number of aromatic nitrogens is 1. The van der Waals surface area contributed by atoms with E-state index in [-0.39, 0.29) is 12.0 Å². The lowest BCUT2D eigenvalue weighted by molar-refractivity contribution is 0.0131. The molecule has 1 atom stereocenters. The number of amides is 1. The molecule has 0 saturated carbocycles. The van der Waals surface area contributed by atoms with E-state index >= 15 is 0 Å². The summed E-state index contributed by atoms with van der Waals surface area (Å²) in [6.45, 7) is 6.77. The summed E-state index contributed by atoms with van der Waals surface area (Å²) in [6.07, 6.45) is 3.48. The molecule has 34 heavy (non-hydrogen) atoms. The SMILES string of the molecule is CCN(CC)c1ccc(NC(=O)c2c(-c3c(Cl)cccc3Cl)noc2CC2CCCCO2)cc1. The smallest absolute Gasteiger partial charge is 0.261 e. The van der Waals surface area contributed by atoms with Crippen LogP contribution >= 0.6 is 23.2 Å². The average molecular weight is 502 g/mol. The minimum Gasteiger partial charge on any atom is -0.378 e. The number of hydrogen-bond donors (Lipinski definition) is 1. The van der Waals surface area contributed by atoms with Crippen molar-refractivity contribution >= 4 is 40.5 Å². The Balaban J connectivity index is 1.66. The van der Waals surface area contributed by atoms with Crippen LogP contribution in [0.5, 0.6) is 0 Å². The van der Waals surface area contributed by atoms with E-state index in [2.05, 4.69) is 29.2 Å². The molecule has 1 amide bonds. The number of anilines is 2. The highest BCUT2D eigenvalue weighted by molar-refractivity contribution is 6.39. The first-order valence-corrected chi connectivity index (χ1v) is 12.5. The molecular weight excluding hydrogens is 473 g/mol. The molecule has 1 N–H and O–H groups in total. The van der Waals surface area contributed by atoms with Crippen molar-refractivity contribution in [3.05, 3.63) is 63.8 Å². The number of halogens is 2. The fourth-order valence-electron chi connectivity index (χ4n) is 4.31. The lowest BCUT2D eigenvalue weighted by Crippen LogP contribution is -2.23. The number of hydrogen-bond acceptors (Lipinski definition) is 5. The van der Waals surface area contributed by atoms with Crippen molar-refractivity contribution in [2.75, 3.05) is 29.9 Å². The van der Waals surface area contributed by atoms with Gasteiger partial charge in [0.25, 0.3) is 5.91 Å². The maximum atomic E-state index is 13.5. The molecule has 2 aromatic carbocycles. The molecule has 1 unspecified atom stereocenters. The number of nitrogens with one attached hydrogen (secondary N) is 1. The van der Waals surface area contributed by atoms with Gasteiger partial charge in [0, 0.05) is 43.1 Å². The molecule has 4 rings (SSSR count). The molecule has 0 radical (unpaired) electrons. The van der Waals surface area contributed by atoms with Gasteiger partial charge in [-0.2, -0.15) is 0 Å². The maximum Gasteiger partial charge on any atom is 0.261 e. The van der Waals surface area contributed by atoms with Gasteiger partial charge in [-0.25, -0.2) is 0 Å². The van der Waals surface area contributed by atoms with Crippen LogP contribution in [0.3, 0.4) is 0 Å². The van der Waals surface area contributed by atoms with Gasteiger partial charge >= 0.3 is 0 Å². The highest BCUT2D eigenvalue weighted by Crippen LogP contribution is 2.38. The second-order valence-electron chi connectivity index (χ2n) is 8.29. The summed E-state index contributed by atoms with van der Waals surface area (Å²) in [5.74, 6) is 0.142. The quantitative estimate of drug-likeness (QED) is 0.365. The van der Waals surface area contributed by atoms with Gasteiger partial charge in [-0.1, -0.05) is 34.4 Å². The molecule has 8 heteroatoms. The van der Waals surface area contributed by atoms with Crippen LogP contribution in [0, 0.1) is 0 Å². The van der Waals surface area contributed by atoms with Crippen LogP contribution in [-0.2, 0) is 11.2 Å². The highest BCUT2D eigenvalue weighted by atomic mass is 35.5. The second-order valence-corrected chi connectivity index (χ2v) is 9.11. The first kappa shape index (κ1) is 24.6. The third-order valence-corrected chi connectivity index (χ3v) is 6.76. The van der Waals surface area contributed by atoms with E-state index in [1.807, 2.05) is 24.3 Å². The Bertz CT molecular complexity index is 1100. The van der Waals surface area contributed by atoms with E-state index in [9.17, 15) is 4.79 Å². The topological polar surface area (TPSA) is 67.6 Å². The monoisotopic (exact) mass is 501 g/mol. The summed E-state index contributed by atoms with van der Waals surface area (Å²) in [5.41, 5.74) is 2.92. The molecule has 2 heterocycles. The molecule has 1 saturated heterocycles. The summed E-state index contributed by atoms with van der Waals surface area (Å²) in [4.78, 5) is 15.8. The van der Waals surface area contributed by atoms with Crippen molar-refractivity contribution in [3.8, 4) is 11.3 Å². The number of carbonyl (C=O) groups excluding carboxylic acids is 1. The fraction of sp³-hybridized carbons (Fsp3) is 0.385. The zero-order chi connectivity index (χ0) is 24.1. The van der Waals surface area contributed by atoms with Crippen molar-refractivity contribution in [1.29, 1.82) is 0 Å².